The number of para-hydroxylation sites is 2. The zero-order chi connectivity index (χ0) is 17.8. The molecule has 25 heavy (non-hydrogen) atoms. The highest BCUT2D eigenvalue weighted by atomic mass is 32.1. The van der Waals surface area contributed by atoms with E-state index in [4.69, 9.17) is 4.74 Å². The molecule has 0 aliphatic heterocycles. The number of aromatic nitrogens is 1. The van der Waals surface area contributed by atoms with Gasteiger partial charge in [-0.15, -0.1) is 11.3 Å². The lowest BCUT2D eigenvalue weighted by Crippen LogP contribution is -2.14. The fraction of sp³-hybridized carbons (Fsp3) is 0.250. The number of ether oxygens (including phenoxy) is 1. The Morgan fingerprint density at radius 1 is 1.20 bits per heavy atom. The van der Waals surface area contributed by atoms with E-state index in [0.717, 1.165) is 17.9 Å². The van der Waals surface area contributed by atoms with Gasteiger partial charge in [0.05, 0.1) is 24.4 Å². The summed E-state index contributed by atoms with van der Waals surface area (Å²) in [6.07, 6.45) is 0. The van der Waals surface area contributed by atoms with E-state index >= 15 is 0 Å². The van der Waals surface area contributed by atoms with Gasteiger partial charge in [-0.05, 0) is 50.4 Å². The molecule has 0 bridgehead atoms. The molecule has 2 heterocycles. The summed E-state index contributed by atoms with van der Waals surface area (Å²) in [6.45, 7) is 7.30. The number of anilines is 1. The molecule has 0 unspecified atom stereocenters. The lowest BCUT2D eigenvalue weighted by atomic mass is 10.2. The van der Waals surface area contributed by atoms with Crippen LogP contribution in [0.15, 0.2) is 47.8 Å². The predicted octanol–water partition coefficient (Wildman–Crippen LogP) is 4.87. The summed E-state index contributed by atoms with van der Waals surface area (Å²) in [5, 5.41) is 5.05. The number of benzene rings is 1. The largest absolute Gasteiger partial charge is 0.492 e. The van der Waals surface area contributed by atoms with E-state index < -0.39 is 0 Å². The van der Waals surface area contributed by atoms with Crippen LogP contribution in [0.2, 0.25) is 0 Å². The molecule has 3 rings (SSSR count). The number of hydrogen-bond donors (Lipinski definition) is 1. The molecule has 1 N–H and O–H groups in total. The van der Waals surface area contributed by atoms with Crippen LogP contribution in [-0.4, -0.2) is 17.1 Å². The van der Waals surface area contributed by atoms with E-state index in [-0.39, 0.29) is 5.91 Å². The van der Waals surface area contributed by atoms with Crippen LogP contribution in [0.4, 0.5) is 5.69 Å². The second-order valence-electron chi connectivity index (χ2n) is 5.83. The number of hydrogen-bond acceptors (Lipinski definition) is 3. The molecule has 0 radical (unpaired) electrons. The van der Waals surface area contributed by atoms with Gasteiger partial charge < -0.3 is 14.6 Å². The van der Waals surface area contributed by atoms with E-state index in [0.29, 0.717) is 23.6 Å². The van der Waals surface area contributed by atoms with E-state index in [2.05, 4.69) is 21.3 Å². The van der Waals surface area contributed by atoms with Crippen molar-refractivity contribution >= 4 is 22.9 Å². The zero-order valence-corrected chi connectivity index (χ0v) is 15.5. The lowest BCUT2D eigenvalue weighted by Gasteiger charge is -2.12. The first-order chi connectivity index (χ1) is 12.1. The van der Waals surface area contributed by atoms with Crippen molar-refractivity contribution in [1.82, 2.24) is 4.57 Å². The van der Waals surface area contributed by atoms with E-state index in [9.17, 15) is 4.79 Å². The van der Waals surface area contributed by atoms with Gasteiger partial charge in [0.15, 0.2) is 0 Å². The number of nitrogens with zero attached hydrogens (tertiary/aromatic N) is 1. The number of carbonyl (C=O) groups excluding carboxylic acids is 1. The van der Waals surface area contributed by atoms with Crippen molar-refractivity contribution in [2.75, 3.05) is 11.9 Å². The third-order valence-corrected chi connectivity index (χ3v) is 5.01. The molecule has 0 atom stereocenters. The van der Waals surface area contributed by atoms with Gasteiger partial charge in [-0.2, -0.15) is 0 Å². The average molecular weight is 354 g/mol. The number of amides is 1. The molecule has 1 amide bonds. The molecule has 0 saturated carbocycles. The summed E-state index contributed by atoms with van der Waals surface area (Å²) >= 11 is 1.72. The molecule has 3 aromatic rings. The maximum absolute atomic E-state index is 12.8. The number of aryl methyl sites for hydroxylation is 1. The SMILES string of the molecule is CCOc1ccccc1NC(=O)c1cc(C)n(Cc2cccs2)c1C. The molecule has 1 aromatic carbocycles. The number of carbonyl (C=O) groups is 1. The topological polar surface area (TPSA) is 43.3 Å². The van der Waals surface area contributed by atoms with E-state index in [1.807, 2.05) is 57.2 Å². The number of nitrogens with one attached hydrogen (secondary N) is 1. The highest BCUT2D eigenvalue weighted by molar-refractivity contribution is 7.09. The van der Waals surface area contributed by atoms with Crippen molar-refractivity contribution in [3.05, 3.63) is 69.7 Å². The Bertz CT molecular complexity index is 866. The fourth-order valence-corrected chi connectivity index (χ4v) is 3.57. The Balaban J connectivity index is 1.84. The smallest absolute Gasteiger partial charge is 0.257 e. The highest BCUT2D eigenvalue weighted by Gasteiger charge is 2.17. The Morgan fingerprint density at radius 2 is 2.00 bits per heavy atom. The number of rotatable bonds is 6. The summed E-state index contributed by atoms with van der Waals surface area (Å²) in [4.78, 5) is 14.1. The van der Waals surface area contributed by atoms with Crippen molar-refractivity contribution < 1.29 is 9.53 Å². The van der Waals surface area contributed by atoms with Crippen molar-refractivity contribution in [3.8, 4) is 5.75 Å². The Kier molecular flexibility index (Phi) is 5.24. The van der Waals surface area contributed by atoms with E-state index in [1.54, 1.807) is 11.3 Å². The molecular weight excluding hydrogens is 332 g/mol. The minimum Gasteiger partial charge on any atom is -0.492 e. The van der Waals surface area contributed by atoms with Crippen LogP contribution in [0.3, 0.4) is 0 Å². The molecule has 2 aromatic heterocycles. The van der Waals surface area contributed by atoms with Crippen molar-refractivity contribution in [2.45, 2.75) is 27.3 Å². The zero-order valence-electron chi connectivity index (χ0n) is 14.7. The molecule has 0 spiro atoms. The molecule has 4 nitrogen and oxygen atoms in total. The average Bonchev–Trinajstić information content (AvgIpc) is 3.20. The van der Waals surface area contributed by atoms with Crippen LogP contribution in [0.25, 0.3) is 0 Å². The van der Waals surface area contributed by atoms with Gasteiger partial charge in [0.2, 0.25) is 0 Å². The van der Waals surface area contributed by atoms with Gasteiger partial charge in [-0.1, -0.05) is 18.2 Å². The Labute approximate surface area is 152 Å². The van der Waals surface area contributed by atoms with Crippen LogP contribution in [-0.2, 0) is 6.54 Å². The van der Waals surface area contributed by atoms with Crippen LogP contribution in [0.5, 0.6) is 5.75 Å². The van der Waals surface area contributed by atoms with Gasteiger partial charge in [0.1, 0.15) is 5.75 Å². The first kappa shape index (κ1) is 17.3. The Hall–Kier alpha value is -2.53. The van der Waals surface area contributed by atoms with Crippen LogP contribution < -0.4 is 10.1 Å². The summed E-state index contributed by atoms with van der Waals surface area (Å²) in [5.41, 5.74) is 3.43. The standard InChI is InChI=1S/C20H22N2O2S/c1-4-24-19-10-6-5-9-18(19)21-20(23)17-12-14(2)22(15(17)3)13-16-8-7-11-25-16/h5-12H,4,13H2,1-3H3,(H,21,23). The second-order valence-corrected chi connectivity index (χ2v) is 6.87. The monoisotopic (exact) mass is 354 g/mol. The van der Waals surface area contributed by atoms with Crippen molar-refractivity contribution in [2.24, 2.45) is 0 Å². The minimum atomic E-state index is -0.113. The first-order valence-corrected chi connectivity index (χ1v) is 9.20. The molecular formula is C20H22N2O2S. The van der Waals surface area contributed by atoms with Gasteiger partial charge >= 0.3 is 0 Å². The minimum absolute atomic E-state index is 0.113. The fourth-order valence-electron chi connectivity index (χ4n) is 2.87. The van der Waals surface area contributed by atoms with Crippen molar-refractivity contribution in [3.63, 3.8) is 0 Å². The third-order valence-electron chi connectivity index (χ3n) is 4.15. The summed E-state index contributed by atoms with van der Waals surface area (Å²) in [6, 6.07) is 13.6. The van der Waals surface area contributed by atoms with Crippen LogP contribution >= 0.6 is 11.3 Å². The molecule has 0 aliphatic rings. The summed E-state index contributed by atoms with van der Waals surface area (Å²) in [7, 11) is 0. The van der Waals surface area contributed by atoms with Gasteiger partial charge in [0, 0.05) is 16.3 Å². The van der Waals surface area contributed by atoms with Crippen LogP contribution in [0.1, 0.15) is 33.5 Å². The van der Waals surface area contributed by atoms with E-state index in [1.165, 1.54) is 4.88 Å². The summed E-state index contributed by atoms with van der Waals surface area (Å²) in [5.74, 6) is 0.573. The summed E-state index contributed by atoms with van der Waals surface area (Å²) < 4.78 is 7.76. The Morgan fingerprint density at radius 3 is 2.72 bits per heavy atom. The van der Waals surface area contributed by atoms with Gasteiger partial charge in [-0.3, -0.25) is 4.79 Å². The quantitative estimate of drug-likeness (QED) is 0.686. The molecule has 5 heteroatoms. The third kappa shape index (κ3) is 3.77. The number of thiophene rings is 1. The molecule has 0 fully saturated rings. The molecule has 130 valence electrons. The first-order valence-electron chi connectivity index (χ1n) is 8.32. The lowest BCUT2D eigenvalue weighted by molar-refractivity contribution is 0.102. The van der Waals surface area contributed by atoms with Crippen molar-refractivity contribution in [1.29, 1.82) is 0 Å². The highest BCUT2D eigenvalue weighted by Crippen LogP contribution is 2.26. The predicted molar refractivity (Wildman–Crippen MR) is 103 cm³/mol. The normalized spacial score (nSPS) is 10.7. The van der Waals surface area contributed by atoms with Crippen LogP contribution in [0, 0.1) is 13.8 Å². The maximum atomic E-state index is 12.8. The second kappa shape index (κ2) is 7.57. The van der Waals surface area contributed by atoms with Gasteiger partial charge in [-0.25, -0.2) is 0 Å². The maximum Gasteiger partial charge on any atom is 0.257 e. The molecule has 0 aliphatic carbocycles. The van der Waals surface area contributed by atoms with Gasteiger partial charge in [0.25, 0.3) is 5.91 Å². The molecule has 0 saturated heterocycles.